The molecule has 1 rings (SSSR count). The molecule has 0 aliphatic carbocycles. The molecule has 1 aromatic rings. The largest absolute Gasteiger partial charge is 0.611 e. The standard InChI is InChI=1S/C6H10N2OS2/c1-4-5(11(3)9)10-6(7-2)8-4/h1-3H3,(H,7,8). The minimum atomic E-state index is -0.905. The molecule has 0 aliphatic heterocycles. The molecule has 1 aromatic heterocycles. The van der Waals surface area contributed by atoms with Crippen molar-refractivity contribution in [2.24, 2.45) is 0 Å². The van der Waals surface area contributed by atoms with E-state index in [1.165, 1.54) is 11.3 Å². The maximum Gasteiger partial charge on any atom is 0.231 e. The molecule has 1 unspecified atom stereocenters. The molecule has 3 nitrogen and oxygen atoms in total. The van der Waals surface area contributed by atoms with Crippen molar-refractivity contribution in [1.29, 1.82) is 0 Å². The van der Waals surface area contributed by atoms with Crippen molar-refractivity contribution >= 4 is 27.6 Å². The van der Waals surface area contributed by atoms with E-state index in [2.05, 4.69) is 10.3 Å². The summed E-state index contributed by atoms with van der Waals surface area (Å²) in [6.07, 6.45) is 1.67. The molecule has 1 atom stereocenters. The van der Waals surface area contributed by atoms with Gasteiger partial charge in [-0.2, -0.15) is 0 Å². The third-order valence-electron chi connectivity index (χ3n) is 1.23. The highest BCUT2D eigenvalue weighted by atomic mass is 32.2. The Morgan fingerprint density at radius 2 is 2.27 bits per heavy atom. The second kappa shape index (κ2) is 3.42. The molecule has 0 bridgehead atoms. The van der Waals surface area contributed by atoms with E-state index in [1.54, 1.807) is 13.3 Å². The number of rotatable bonds is 2. The summed E-state index contributed by atoms with van der Waals surface area (Å²) in [6.45, 7) is 1.87. The summed E-state index contributed by atoms with van der Waals surface area (Å²) in [4.78, 5) is 4.16. The van der Waals surface area contributed by atoms with Crippen molar-refractivity contribution in [1.82, 2.24) is 4.98 Å². The number of thiazole rings is 1. The van der Waals surface area contributed by atoms with Crippen LogP contribution in [0.25, 0.3) is 0 Å². The Labute approximate surface area is 73.0 Å². The van der Waals surface area contributed by atoms with Gasteiger partial charge < -0.3 is 9.87 Å². The smallest absolute Gasteiger partial charge is 0.231 e. The van der Waals surface area contributed by atoms with E-state index < -0.39 is 11.2 Å². The second-order valence-electron chi connectivity index (χ2n) is 2.10. The molecule has 0 aromatic carbocycles. The Hall–Kier alpha value is -0.260. The van der Waals surface area contributed by atoms with Crippen LogP contribution in [-0.2, 0) is 11.2 Å². The fourth-order valence-corrected chi connectivity index (χ4v) is 2.58. The summed E-state index contributed by atoms with van der Waals surface area (Å²) in [5.41, 5.74) is 0.861. The number of aromatic nitrogens is 1. The summed E-state index contributed by atoms with van der Waals surface area (Å²) in [7, 11) is 1.81. The van der Waals surface area contributed by atoms with Gasteiger partial charge in [-0.25, -0.2) is 4.98 Å². The van der Waals surface area contributed by atoms with Gasteiger partial charge in [0.1, 0.15) is 11.9 Å². The van der Waals surface area contributed by atoms with Gasteiger partial charge in [0, 0.05) is 7.05 Å². The molecule has 0 radical (unpaired) electrons. The van der Waals surface area contributed by atoms with Crippen LogP contribution in [0.3, 0.4) is 0 Å². The minimum Gasteiger partial charge on any atom is -0.611 e. The third kappa shape index (κ3) is 1.85. The van der Waals surface area contributed by atoms with Crippen molar-refractivity contribution in [2.45, 2.75) is 11.1 Å². The first-order chi connectivity index (χ1) is 5.15. The molecular weight excluding hydrogens is 180 g/mol. The van der Waals surface area contributed by atoms with Crippen LogP contribution in [0, 0.1) is 6.92 Å². The Kier molecular flexibility index (Phi) is 2.75. The average molecular weight is 190 g/mol. The van der Waals surface area contributed by atoms with Crippen LogP contribution < -0.4 is 5.32 Å². The SMILES string of the molecule is CNc1nc(C)c([S+](C)[O-])s1. The van der Waals surface area contributed by atoms with E-state index in [0.29, 0.717) is 0 Å². The lowest BCUT2D eigenvalue weighted by Crippen LogP contribution is -1.95. The molecule has 1 heterocycles. The van der Waals surface area contributed by atoms with E-state index >= 15 is 0 Å². The van der Waals surface area contributed by atoms with Gasteiger partial charge in [0.05, 0.1) is 0 Å². The van der Waals surface area contributed by atoms with E-state index in [4.69, 9.17) is 0 Å². The van der Waals surface area contributed by atoms with Gasteiger partial charge in [0.15, 0.2) is 5.13 Å². The zero-order valence-electron chi connectivity index (χ0n) is 6.67. The third-order valence-corrected chi connectivity index (χ3v) is 3.97. The summed E-state index contributed by atoms with van der Waals surface area (Å²) < 4.78 is 11.9. The summed E-state index contributed by atoms with van der Waals surface area (Å²) in [5, 5.41) is 3.74. The van der Waals surface area contributed by atoms with Crippen LogP contribution in [-0.4, -0.2) is 22.8 Å². The molecule has 0 amide bonds. The number of nitrogens with one attached hydrogen (secondary N) is 1. The molecule has 1 N–H and O–H groups in total. The van der Waals surface area contributed by atoms with Gasteiger partial charge in [-0.05, 0) is 29.4 Å². The fourth-order valence-electron chi connectivity index (χ4n) is 0.756. The zero-order valence-corrected chi connectivity index (χ0v) is 8.30. The molecule has 0 spiro atoms. The van der Waals surface area contributed by atoms with Gasteiger partial charge in [0.2, 0.25) is 4.21 Å². The second-order valence-corrected chi connectivity index (χ2v) is 4.67. The maximum absolute atomic E-state index is 11.0. The van der Waals surface area contributed by atoms with Crippen molar-refractivity contribution in [2.75, 3.05) is 18.6 Å². The Balaban J connectivity index is 2.97. The summed E-state index contributed by atoms with van der Waals surface area (Å²) >= 11 is 0.540. The quantitative estimate of drug-likeness (QED) is 0.714. The predicted molar refractivity (Wildman–Crippen MR) is 48.7 cm³/mol. The zero-order chi connectivity index (χ0) is 8.43. The Morgan fingerprint density at radius 3 is 2.55 bits per heavy atom. The molecule has 0 saturated carbocycles. The lowest BCUT2D eigenvalue weighted by molar-refractivity contribution is 0.602. The summed E-state index contributed by atoms with van der Waals surface area (Å²) in [6, 6.07) is 0. The van der Waals surface area contributed by atoms with Gasteiger partial charge >= 0.3 is 0 Å². The van der Waals surface area contributed by atoms with E-state index in [0.717, 1.165) is 15.0 Å². The number of hydrogen-bond acceptors (Lipinski definition) is 4. The molecule has 0 fully saturated rings. The topological polar surface area (TPSA) is 48.0 Å². The number of hydrogen-bond donors (Lipinski definition) is 1. The predicted octanol–water partition coefficient (Wildman–Crippen LogP) is 1.23. The average Bonchev–Trinajstić information content (AvgIpc) is 2.30. The minimum absolute atomic E-state index is 0.827. The van der Waals surface area contributed by atoms with Crippen LogP contribution in [0.15, 0.2) is 4.21 Å². The highest BCUT2D eigenvalue weighted by Crippen LogP contribution is 2.26. The first kappa shape index (κ1) is 8.83. The number of aryl methyl sites for hydroxylation is 1. The highest BCUT2D eigenvalue weighted by molar-refractivity contribution is 7.92. The lowest BCUT2D eigenvalue weighted by atomic mass is 10.6. The van der Waals surface area contributed by atoms with E-state index in [1.807, 2.05) is 6.92 Å². The van der Waals surface area contributed by atoms with Crippen LogP contribution in [0.5, 0.6) is 0 Å². The van der Waals surface area contributed by atoms with Gasteiger partial charge in [0.25, 0.3) is 0 Å². The van der Waals surface area contributed by atoms with Gasteiger partial charge in [-0.15, -0.1) is 0 Å². The monoisotopic (exact) mass is 190 g/mol. The summed E-state index contributed by atoms with van der Waals surface area (Å²) in [5.74, 6) is 0. The van der Waals surface area contributed by atoms with E-state index in [9.17, 15) is 4.55 Å². The van der Waals surface area contributed by atoms with Crippen molar-refractivity contribution < 1.29 is 4.55 Å². The maximum atomic E-state index is 11.0. The van der Waals surface area contributed by atoms with Crippen LogP contribution in [0.2, 0.25) is 0 Å². The normalized spacial score (nSPS) is 13.1. The number of nitrogens with zero attached hydrogens (tertiary/aromatic N) is 1. The van der Waals surface area contributed by atoms with Crippen LogP contribution in [0.4, 0.5) is 5.13 Å². The molecular formula is C6H10N2OS2. The van der Waals surface area contributed by atoms with Crippen molar-refractivity contribution in [3.63, 3.8) is 0 Å². The van der Waals surface area contributed by atoms with Gasteiger partial charge in [-0.1, -0.05) is 0 Å². The molecule has 62 valence electrons. The highest BCUT2D eigenvalue weighted by Gasteiger charge is 2.14. The van der Waals surface area contributed by atoms with E-state index in [-0.39, 0.29) is 0 Å². The van der Waals surface area contributed by atoms with Crippen molar-refractivity contribution in [3.8, 4) is 0 Å². The number of anilines is 1. The lowest BCUT2D eigenvalue weighted by Gasteiger charge is -1.98. The Morgan fingerprint density at radius 1 is 1.64 bits per heavy atom. The van der Waals surface area contributed by atoms with Crippen LogP contribution in [0.1, 0.15) is 5.69 Å². The molecule has 5 heteroatoms. The first-order valence-electron chi connectivity index (χ1n) is 3.13. The Bertz CT molecular complexity index is 247. The van der Waals surface area contributed by atoms with Gasteiger partial charge in [-0.3, -0.25) is 0 Å². The molecule has 0 saturated heterocycles. The van der Waals surface area contributed by atoms with Crippen molar-refractivity contribution in [3.05, 3.63) is 5.69 Å². The first-order valence-corrected chi connectivity index (χ1v) is 5.51. The molecule has 11 heavy (non-hydrogen) atoms. The molecule has 0 aliphatic rings. The van der Waals surface area contributed by atoms with Crippen LogP contribution >= 0.6 is 11.3 Å². The fraction of sp³-hybridized carbons (Fsp3) is 0.500.